The van der Waals surface area contributed by atoms with E-state index in [-0.39, 0.29) is 0 Å². The van der Waals surface area contributed by atoms with Crippen LogP contribution in [0.3, 0.4) is 0 Å². The van der Waals surface area contributed by atoms with Crippen LogP contribution >= 0.6 is 0 Å². The minimum absolute atomic E-state index is 0.445. The van der Waals surface area contributed by atoms with E-state index in [0.717, 1.165) is 59.1 Å². The molecule has 4 heterocycles. The van der Waals surface area contributed by atoms with Gasteiger partial charge in [0.25, 0.3) is 0 Å². The molecule has 1 aromatic carbocycles. The molecule has 0 aliphatic carbocycles. The largest absolute Gasteiger partial charge is 0.383 e. The molecule has 1 aliphatic rings. The highest BCUT2D eigenvalue weighted by atomic mass is 15.2. The van der Waals surface area contributed by atoms with Crippen molar-refractivity contribution in [2.75, 3.05) is 18.8 Å². The van der Waals surface area contributed by atoms with Crippen LogP contribution < -0.4 is 11.1 Å². The Labute approximate surface area is 218 Å². The van der Waals surface area contributed by atoms with Gasteiger partial charge in [0.05, 0.1) is 11.3 Å². The molecule has 0 radical (unpaired) electrons. The maximum absolute atomic E-state index is 6.30. The second-order valence-corrected chi connectivity index (χ2v) is 9.82. The first-order chi connectivity index (χ1) is 18.0. The van der Waals surface area contributed by atoms with Crippen LogP contribution in [0.25, 0.3) is 33.8 Å². The molecule has 3 N–H and O–H groups in total. The van der Waals surface area contributed by atoms with E-state index in [1.54, 1.807) is 6.20 Å². The summed E-state index contributed by atoms with van der Waals surface area (Å²) < 4.78 is 2.09. The summed E-state index contributed by atoms with van der Waals surface area (Å²) in [7, 11) is 0. The number of fused-ring (bicyclic) bond motifs is 1. The van der Waals surface area contributed by atoms with Gasteiger partial charge in [-0.15, -0.1) is 0 Å². The Morgan fingerprint density at radius 2 is 1.78 bits per heavy atom. The summed E-state index contributed by atoms with van der Waals surface area (Å²) in [5, 5.41) is 3.61. The lowest BCUT2D eigenvalue weighted by atomic mass is 10.1. The normalized spacial score (nSPS) is 19.2. The summed E-state index contributed by atoms with van der Waals surface area (Å²) in [6.45, 7) is 11.6. The van der Waals surface area contributed by atoms with Crippen LogP contribution in [0.5, 0.6) is 0 Å². The summed E-state index contributed by atoms with van der Waals surface area (Å²) in [4.78, 5) is 16.8. The summed E-state index contributed by atoms with van der Waals surface area (Å²) in [5.41, 5.74) is 12.9. The fourth-order valence-electron chi connectivity index (χ4n) is 5.24. The van der Waals surface area contributed by atoms with Gasteiger partial charge in [0.1, 0.15) is 11.3 Å². The summed E-state index contributed by atoms with van der Waals surface area (Å²) in [6, 6.07) is 17.6. The Morgan fingerprint density at radius 1 is 1.03 bits per heavy atom. The third-order valence-electron chi connectivity index (χ3n) is 6.77. The fourth-order valence-corrected chi connectivity index (χ4v) is 5.24. The van der Waals surface area contributed by atoms with Crippen molar-refractivity contribution in [2.45, 2.75) is 46.3 Å². The highest BCUT2D eigenvalue weighted by Crippen LogP contribution is 2.31. The number of nitrogen functional groups attached to an aromatic ring is 1. The average Bonchev–Trinajstić information content (AvgIpc) is 3.26. The number of imidazole rings is 1. The van der Waals surface area contributed by atoms with Gasteiger partial charge in [-0.3, -0.25) is 9.47 Å². The third-order valence-corrected chi connectivity index (χ3v) is 6.77. The van der Waals surface area contributed by atoms with Crippen LogP contribution in [-0.2, 0) is 6.54 Å². The molecule has 37 heavy (non-hydrogen) atoms. The first kappa shape index (κ1) is 24.9. The fraction of sp³-hybridized carbons (Fsp3) is 0.300. The quantitative estimate of drug-likeness (QED) is 0.358. The first-order valence-corrected chi connectivity index (χ1v) is 12.9. The highest BCUT2D eigenvalue weighted by molar-refractivity contribution is 5.85. The van der Waals surface area contributed by atoms with E-state index in [2.05, 4.69) is 70.0 Å². The Kier molecular flexibility index (Phi) is 7.17. The zero-order valence-electron chi connectivity index (χ0n) is 22.0. The SMILES string of the molecule is C/C=C\C(=C/C)c1ccc2nc(-c3cccnc3N)n(-c3ccc(CN4CC(C)NC(C)C4)cc3)c2n1. The zero-order valence-corrected chi connectivity index (χ0v) is 22.0. The second-order valence-electron chi connectivity index (χ2n) is 9.82. The van der Waals surface area contributed by atoms with Crippen molar-refractivity contribution in [3.05, 3.63) is 84.2 Å². The summed E-state index contributed by atoms with van der Waals surface area (Å²) >= 11 is 0. The van der Waals surface area contributed by atoms with Gasteiger partial charge in [-0.1, -0.05) is 30.4 Å². The predicted octanol–water partition coefficient (Wildman–Crippen LogP) is 5.23. The molecule has 2 atom stereocenters. The van der Waals surface area contributed by atoms with E-state index in [1.165, 1.54) is 5.56 Å². The monoisotopic (exact) mass is 493 g/mol. The Bertz CT molecular complexity index is 1440. The Morgan fingerprint density at radius 3 is 2.46 bits per heavy atom. The summed E-state index contributed by atoms with van der Waals surface area (Å²) in [6.07, 6.45) is 7.87. The molecule has 7 nitrogen and oxygen atoms in total. The van der Waals surface area contributed by atoms with Gasteiger partial charge < -0.3 is 11.1 Å². The van der Waals surface area contributed by atoms with Crippen LogP contribution in [0, 0.1) is 0 Å². The molecular formula is C30H35N7. The number of rotatable bonds is 6. The molecule has 7 heteroatoms. The molecule has 3 aromatic heterocycles. The second kappa shape index (κ2) is 10.7. The molecule has 1 fully saturated rings. The van der Waals surface area contributed by atoms with Gasteiger partial charge in [-0.05, 0) is 75.2 Å². The van der Waals surface area contributed by atoms with Crippen molar-refractivity contribution in [1.82, 2.24) is 29.7 Å². The number of allylic oxidation sites excluding steroid dienone is 4. The van der Waals surface area contributed by atoms with E-state index in [9.17, 15) is 0 Å². The van der Waals surface area contributed by atoms with Gasteiger partial charge in [0, 0.05) is 43.6 Å². The lowest BCUT2D eigenvalue weighted by Gasteiger charge is -2.36. The average molecular weight is 494 g/mol. The maximum atomic E-state index is 6.30. The van der Waals surface area contributed by atoms with Gasteiger partial charge in [-0.2, -0.15) is 0 Å². The zero-order chi connectivity index (χ0) is 25.9. The molecule has 5 rings (SSSR count). The van der Waals surface area contributed by atoms with Crippen molar-refractivity contribution in [2.24, 2.45) is 0 Å². The molecular weight excluding hydrogens is 458 g/mol. The number of piperazine rings is 1. The number of benzene rings is 1. The van der Waals surface area contributed by atoms with Crippen LogP contribution in [0.4, 0.5) is 5.82 Å². The van der Waals surface area contributed by atoms with Gasteiger partial charge in [-0.25, -0.2) is 15.0 Å². The number of hydrogen-bond acceptors (Lipinski definition) is 6. The van der Waals surface area contributed by atoms with E-state index in [1.807, 2.05) is 44.2 Å². The molecule has 0 amide bonds. The van der Waals surface area contributed by atoms with Crippen molar-refractivity contribution in [1.29, 1.82) is 0 Å². The van der Waals surface area contributed by atoms with E-state index in [4.69, 9.17) is 15.7 Å². The molecule has 2 unspecified atom stereocenters. The third kappa shape index (κ3) is 5.19. The lowest BCUT2D eigenvalue weighted by molar-refractivity contribution is 0.166. The van der Waals surface area contributed by atoms with Crippen LogP contribution in [0.2, 0.25) is 0 Å². The molecule has 0 spiro atoms. The number of anilines is 1. The van der Waals surface area contributed by atoms with Crippen LogP contribution in [-0.4, -0.2) is 49.6 Å². The Balaban J connectivity index is 1.59. The topological polar surface area (TPSA) is 84.9 Å². The van der Waals surface area contributed by atoms with Crippen LogP contribution in [0.1, 0.15) is 39.0 Å². The molecule has 1 saturated heterocycles. The smallest absolute Gasteiger partial charge is 0.165 e. The minimum atomic E-state index is 0.445. The predicted molar refractivity (Wildman–Crippen MR) is 152 cm³/mol. The highest BCUT2D eigenvalue weighted by Gasteiger charge is 2.22. The minimum Gasteiger partial charge on any atom is -0.383 e. The molecule has 190 valence electrons. The number of nitrogens with two attached hydrogens (primary N) is 1. The number of aromatic nitrogens is 4. The lowest BCUT2D eigenvalue weighted by Crippen LogP contribution is -2.53. The number of nitrogens with zero attached hydrogens (tertiary/aromatic N) is 5. The van der Waals surface area contributed by atoms with Crippen molar-refractivity contribution in [3.63, 3.8) is 0 Å². The molecule has 4 aromatic rings. The standard InChI is InChI=1S/C30H35N7/c1-5-8-23(6-2)26-14-15-27-30(34-26)37(29(35-27)25-9-7-16-32-28(25)31)24-12-10-22(11-13-24)19-36-17-20(3)33-21(4)18-36/h5-16,20-21,33H,17-19H2,1-4H3,(H2,31,32)/b8-5-,23-6+. The number of hydrogen-bond donors (Lipinski definition) is 2. The molecule has 0 saturated carbocycles. The van der Waals surface area contributed by atoms with Crippen molar-refractivity contribution in [3.8, 4) is 17.1 Å². The van der Waals surface area contributed by atoms with E-state index < -0.39 is 0 Å². The van der Waals surface area contributed by atoms with Crippen molar-refractivity contribution < 1.29 is 0 Å². The molecule has 0 bridgehead atoms. The number of nitrogens with one attached hydrogen (secondary N) is 1. The van der Waals surface area contributed by atoms with Gasteiger partial charge in [0.2, 0.25) is 0 Å². The Hall–Kier alpha value is -3.81. The van der Waals surface area contributed by atoms with E-state index in [0.29, 0.717) is 17.9 Å². The first-order valence-electron chi connectivity index (χ1n) is 12.9. The van der Waals surface area contributed by atoms with E-state index >= 15 is 0 Å². The molecule has 1 aliphatic heterocycles. The van der Waals surface area contributed by atoms with Crippen LogP contribution in [0.15, 0.2) is 73.0 Å². The van der Waals surface area contributed by atoms with Gasteiger partial charge >= 0.3 is 0 Å². The number of pyridine rings is 2. The summed E-state index contributed by atoms with van der Waals surface area (Å²) in [5.74, 6) is 1.18. The van der Waals surface area contributed by atoms with Gasteiger partial charge in [0.15, 0.2) is 11.5 Å². The van der Waals surface area contributed by atoms with Crippen molar-refractivity contribution >= 4 is 22.6 Å². The maximum Gasteiger partial charge on any atom is 0.165 e.